The van der Waals surface area contributed by atoms with Crippen LogP contribution in [0.25, 0.3) is 17.2 Å². The van der Waals surface area contributed by atoms with Crippen LogP contribution in [0.2, 0.25) is 0 Å². The van der Waals surface area contributed by atoms with E-state index < -0.39 is 23.5 Å². The molecule has 0 saturated heterocycles. The Morgan fingerprint density at radius 2 is 1.60 bits per heavy atom. The summed E-state index contributed by atoms with van der Waals surface area (Å²) in [6.07, 6.45) is -6.45. The van der Waals surface area contributed by atoms with Gasteiger partial charge in [-0.15, -0.1) is 0 Å². The highest BCUT2D eigenvalue weighted by Gasteiger charge is 2.38. The van der Waals surface area contributed by atoms with Crippen LogP contribution >= 0.6 is 0 Å². The van der Waals surface area contributed by atoms with Crippen LogP contribution in [-0.4, -0.2) is 0 Å². The number of fused-ring (bicyclic) bond motifs is 1. The Bertz CT molecular complexity index is 840. The molecule has 2 aromatic carbocycles. The van der Waals surface area contributed by atoms with Gasteiger partial charge in [0.05, 0.1) is 11.1 Å². The first-order valence-electron chi connectivity index (χ1n) is 7.71. The molecular formula is C19H14F6. The normalized spacial score (nSPS) is 14.4. The van der Waals surface area contributed by atoms with E-state index in [1.807, 2.05) is 19.1 Å². The number of hydrogen-bond donors (Lipinski definition) is 0. The second-order valence-electron chi connectivity index (χ2n) is 5.97. The molecule has 25 heavy (non-hydrogen) atoms. The van der Waals surface area contributed by atoms with Gasteiger partial charge in [0, 0.05) is 0 Å². The summed E-state index contributed by atoms with van der Waals surface area (Å²) in [5.74, 6) is 0. The Morgan fingerprint density at radius 1 is 0.880 bits per heavy atom. The van der Waals surface area contributed by atoms with Gasteiger partial charge in [0.1, 0.15) is 0 Å². The van der Waals surface area contributed by atoms with Crippen LogP contribution in [0.5, 0.6) is 0 Å². The first-order valence-corrected chi connectivity index (χ1v) is 7.71. The summed E-state index contributed by atoms with van der Waals surface area (Å²) in [5.41, 5.74) is 0.137. The van der Waals surface area contributed by atoms with Gasteiger partial charge in [0.25, 0.3) is 0 Å². The Morgan fingerprint density at radius 3 is 2.20 bits per heavy atom. The average molecular weight is 356 g/mol. The molecule has 1 aliphatic carbocycles. The zero-order valence-electron chi connectivity index (χ0n) is 13.2. The van der Waals surface area contributed by atoms with Gasteiger partial charge in [-0.05, 0) is 47.2 Å². The Kier molecular flexibility index (Phi) is 4.17. The predicted molar refractivity (Wildman–Crippen MR) is 83.9 cm³/mol. The number of hydrogen-bond acceptors (Lipinski definition) is 0. The van der Waals surface area contributed by atoms with Crippen molar-refractivity contribution in [3.05, 3.63) is 64.2 Å². The molecule has 0 atom stereocenters. The van der Waals surface area contributed by atoms with Gasteiger partial charge in [-0.2, -0.15) is 26.3 Å². The summed E-state index contributed by atoms with van der Waals surface area (Å²) >= 11 is 0. The zero-order chi connectivity index (χ0) is 18.4. The van der Waals surface area contributed by atoms with Gasteiger partial charge in [0.15, 0.2) is 0 Å². The van der Waals surface area contributed by atoms with Crippen LogP contribution < -0.4 is 0 Å². The van der Waals surface area contributed by atoms with E-state index in [2.05, 4.69) is 0 Å². The molecule has 0 aromatic heterocycles. The van der Waals surface area contributed by atoms with Crippen molar-refractivity contribution in [1.82, 2.24) is 0 Å². The molecule has 0 N–H and O–H groups in total. The van der Waals surface area contributed by atoms with Crippen molar-refractivity contribution < 1.29 is 26.3 Å². The van der Waals surface area contributed by atoms with E-state index in [1.165, 1.54) is 6.07 Å². The van der Waals surface area contributed by atoms with Gasteiger partial charge in [-0.1, -0.05) is 42.8 Å². The molecule has 0 nitrogen and oxygen atoms in total. The standard InChI is InChI=1S/C19H14F6/c1-2-11-8-12-4-3-5-14(16(12)9-11)15-7-6-13(18(20,21)22)10-17(15)19(23,24)25/h3-7,9-10H,2,8H2,1H3. The molecule has 0 heterocycles. The quantitative estimate of drug-likeness (QED) is 0.523. The highest BCUT2D eigenvalue weighted by atomic mass is 19.4. The van der Waals surface area contributed by atoms with E-state index in [0.29, 0.717) is 23.6 Å². The Labute approximate surface area is 140 Å². The molecule has 0 spiro atoms. The number of allylic oxidation sites excluding steroid dienone is 1. The van der Waals surface area contributed by atoms with Gasteiger partial charge in [-0.3, -0.25) is 0 Å². The third-order valence-electron chi connectivity index (χ3n) is 4.36. The van der Waals surface area contributed by atoms with Crippen LogP contribution in [0.1, 0.15) is 35.6 Å². The van der Waals surface area contributed by atoms with Crippen LogP contribution in [0, 0.1) is 0 Å². The third kappa shape index (κ3) is 3.30. The summed E-state index contributed by atoms with van der Waals surface area (Å²) < 4.78 is 78.7. The van der Waals surface area contributed by atoms with Crippen molar-refractivity contribution >= 4 is 6.08 Å². The Hall–Kier alpha value is -2.24. The van der Waals surface area contributed by atoms with E-state index in [1.54, 1.807) is 6.07 Å². The highest BCUT2D eigenvalue weighted by Crippen LogP contribution is 2.43. The molecule has 0 bridgehead atoms. The van der Waals surface area contributed by atoms with Gasteiger partial charge < -0.3 is 0 Å². The minimum Gasteiger partial charge on any atom is -0.166 e. The molecule has 1 aliphatic rings. The lowest BCUT2D eigenvalue weighted by atomic mass is 9.92. The smallest absolute Gasteiger partial charge is 0.166 e. The predicted octanol–water partition coefficient (Wildman–Crippen LogP) is 6.74. The third-order valence-corrected chi connectivity index (χ3v) is 4.36. The minimum atomic E-state index is -4.88. The molecule has 0 fully saturated rings. The van der Waals surface area contributed by atoms with Crippen LogP contribution in [0.3, 0.4) is 0 Å². The van der Waals surface area contributed by atoms with Crippen molar-refractivity contribution in [2.75, 3.05) is 0 Å². The molecule has 0 amide bonds. The lowest BCUT2D eigenvalue weighted by Gasteiger charge is -2.17. The molecule has 3 rings (SSSR count). The summed E-state index contributed by atoms with van der Waals surface area (Å²) in [6, 6.07) is 6.79. The van der Waals surface area contributed by atoms with Gasteiger partial charge in [-0.25, -0.2) is 0 Å². The maximum Gasteiger partial charge on any atom is 0.417 e. The molecule has 0 saturated carbocycles. The molecular weight excluding hydrogens is 342 g/mol. The summed E-state index contributed by atoms with van der Waals surface area (Å²) in [4.78, 5) is 0. The average Bonchev–Trinajstić information content (AvgIpc) is 2.95. The van der Waals surface area contributed by atoms with Gasteiger partial charge in [0.2, 0.25) is 0 Å². The van der Waals surface area contributed by atoms with Crippen molar-refractivity contribution in [3.8, 4) is 11.1 Å². The van der Waals surface area contributed by atoms with Crippen LogP contribution in [0.15, 0.2) is 42.0 Å². The zero-order valence-corrected chi connectivity index (χ0v) is 13.2. The lowest BCUT2D eigenvalue weighted by Crippen LogP contribution is -2.12. The van der Waals surface area contributed by atoms with Crippen LogP contribution in [0.4, 0.5) is 26.3 Å². The van der Waals surface area contributed by atoms with Crippen LogP contribution in [-0.2, 0) is 18.8 Å². The number of benzene rings is 2. The van der Waals surface area contributed by atoms with E-state index >= 15 is 0 Å². The topological polar surface area (TPSA) is 0 Å². The highest BCUT2D eigenvalue weighted by molar-refractivity contribution is 5.82. The monoisotopic (exact) mass is 356 g/mol. The van der Waals surface area contributed by atoms with E-state index in [-0.39, 0.29) is 11.6 Å². The SMILES string of the molecule is CCC1=Cc2c(cccc2-c2ccc(C(F)(F)F)cc2C(F)(F)F)C1. The van der Waals surface area contributed by atoms with E-state index in [9.17, 15) is 26.3 Å². The second-order valence-corrected chi connectivity index (χ2v) is 5.97. The van der Waals surface area contributed by atoms with Crippen molar-refractivity contribution in [3.63, 3.8) is 0 Å². The largest absolute Gasteiger partial charge is 0.417 e. The van der Waals surface area contributed by atoms with Crippen molar-refractivity contribution in [2.45, 2.75) is 32.1 Å². The summed E-state index contributed by atoms with van der Waals surface area (Å²) in [7, 11) is 0. The fraction of sp³-hybridized carbons (Fsp3) is 0.263. The molecule has 0 aliphatic heterocycles. The molecule has 2 aromatic rings. The second kappa shape index (κ2) is 5.93. The molecule has 0 unspecified atom stereocenters. The molecule has 132 valence electrons. The fourth-order valence-corrected chi connectivity index (χ4v) is 3.09. The summed E-state index contributed by atoms with van der Waals surface area (Å²) in [6.45, 7) is 1.96. The minimum absolute atomic E-state index is 0.189. The van der Waals surface area contributed by atoms with Crippen molar-refractivity contribution in [1.29, 1.82) is 0 Å². The van der Waals surface area contributed by atoms with E-state index in [4.69, 9.17) is 0 Å². The number of halogens is 6. The summed E-state index contributed by atoms with van der Waals surface area (Å²) in [5, 5.41) is 0. The number of alkyl halides is 6. The van der Waals surface area contributed by atoms with Crippen molar-refractivity contribution in [2.24, 2.45) is 0 Å². The number of rotatable bonds is 2. The van der Waals surface area contributed by atoms with E-state index in [0.717, 1.165) is 23.6 Å². The maximum atomic E-state index is 13.4. The van der Waals surface area contributed by atoms with Gasteiger partial charge >= 0.3 is 12.4 Å². The lowest BCUT2D eigenvalue weighted by molar-refractivity contribution is -0.142. The maximum absolute atomic E-state index is 13.4. The Balaban J connectivity index is 2.23. The first-order chi connectivity index (χ1) is 11.6. The fourth-order valence-electron chi connectivity index (χ4n) is 3.09. The molecule has 6 heteroatoms. The first kappa shape index (κ1) is 17.6. The molecule has 0 radical (unpaired) electrons.